The zero-order valence-corrected chi connectivity index (χ0v) is 12.5. The quantitative estimate of drug-likeness (QED) is 0.784. The Morgan fingerprint density at radius 1 is 1.10 bits per heavy atom. The molecule has 0 saturated carbocycles. The molecule has 0 amide bonds. The second-order valence-corrected chi connectivity index (χ2v) is 5.31. The van der Waals surface area contributed by atoms with E-state index in [0.717, 1.165) is 21.8 Å². The van der Waals surface area contributed by atoms with Crippen LogP contribution in [0, 0.1) is 18.3 Å². The maximum atomic E-state index is 12.7. The topological polar surface area (TPSA) is 35.8 Å². The number of hydrogen-bond donors (Lipinski definition) is 1. The molecule has 1 N–H and O–H groups in total. The van der Waals surface area contributed by atoms with Gasteiger partial charge in [0, 0.05) is 15.8 Å². The first-order valence-electron chi connectivity index (χ1n) is 5.96. The Hall–Kier alpha value is -2.00. The van der Waals surface area contributed by atoms with Crippen LogP contribution in [0.1, 0.15) is 16.7 Å². The number of rotatable bonds is 2. The number of benzene rings is 2. The van der Waals surface area contributed by atoms with E-state index in [0.29, 0.717) is 5.69 Å². The van der Waals surface area contributed by atoms with Crippen molar-refractivity contribution < 1.29 is 13.2 Å². The minimum atomic E-state index is -4.53. The van der Waals surface area contributed by atoms with Crippen LogP contribution in [0.25, 0.3) is 0 Å². The van der Waals surface area contributed by atoms with Gasteiger partial charge in [-0.25, -0.2) is 0 Å². The Morgan fingerprint density at radius 3 is 2.29 bits per heavy atom. The van der Waals surface area contributed by atoms with Crippen molar-refractivity contribution in [3.8, 4) is 6.07 Å². The van der Waals surface area contributed by atoms with E-state index in [4.69, 9.17) is 5.26 Å². The first-order valence-corrected chi connectivity index (χ1v) is 6.75. The van der Waals surface area contributed by atoms with Gasteiger partial charge in [0.25, 0.3) is 0 Å². The first-order chi connectivity index (χ1) is 9.81. The minimum absolute atomic E-state index is 0.404. The van der Waals surface area contributed by atoms with Crippen molar-refractivity contribution in [1.29, 1.82) is 5.26 Å². The second-order valence-electron chi connectivity index (χ2n) is 4.46. The summed E-state index contributed by atoms with van der Waals surface area (Å²) in [5.41, 5.74) is 0.858. The standard InChI is InChI=1S/C15H10BrF3N2/c1-9-2-3-12(7-14(9)16)21-11-4-5-13(15(17,18)19)10(6-11)8-20/h2-7,21H,1H3. The van der Waals surface area contributed by atoms with Crippen LogP contribution in [-0.4, -0.2) is 0 Å². The van der Waals surface area contributed by atoms with Gasteiger partial charge in [0.2, 0.25) is 0 Å². The number of hydrogen-bond acceptors (Lipinski definition) is 2. The molecule has 0 fully saturated rings. The highest BCUT2D eigenvalue weighted by Gasteiger charge is 2.33. The van der Waals surface area contributed by atoms with Crippen LogP contribution in [0.2, 0.25) is 0 Å². The molecule has 0 aromatic heterocycles. The number of nitrogens with zero attached hydrogens (tertiary/aromatic N) is 1. The Bertz CT molecular complexity index is 718. The van der Waals surface area contributed by atoms with E-state index in [1.807, 2.05) is 25.1 Å². The molecule has 2 rings (SSSR count). The molecule has 0 unspecified atom stereocenters. The monoisotopic (exact) mass is 354 g/mol. The third-order valence-electron chi connectivity index (χ3n) is 2.91. The summed E-state index contributed by atoms with van der Waals surface area (Å²) in [5, 5.41) is 11.8. The van der Waals surface area contributed by atoms with Gasteiger partial charge in [0.15, 0.2) is 0 Å². The largest absolute Gasteiger partial charge is 0.417 e. The maximum absolute atomic E-state index is 12.7. The molecule has 0 spiro atoms. The summed E-state index contributed by atoms with van der Waals surface area (Å²) in [6.45, 7) is 1.93. The summed E-state index contributed by atoms with van der Waals surface area (Å²) >= 11 is 3.38. The van der Waals surface area contributed by atoms with Gasteiger partial charge in [0.05, 0.1) is 17.2 Å². The number of aryl methyl sites for hydroxylation is 1. The van der Waals surface area contributed by atoms with Crippen LogP contribution in [0.5, 0.6) is 0 Å². The minimum Gasteiger partial charge on any atom is -0.355 e. The van der Waals surface area contributed by atoms with Crippen molar-refractivity contribution in [2.45, 2.75) is 13.1 Å². The van der Waals surface area contributed by atoms with Gasteiger partial charge in [-0.05, 0) is 42.8 Å². The van der Waals surface area contributed by atoms with Crippen LogP contribution in [0.4, 0.5) is 24.5 Å². The number of anilines is 2. The molecular formula is C15H10BrF3N2. The predicted molar refractivity (Wildman–Crippen MR) is 78.3 cm³/mol. The molecule has 2 aromatic carbocycles. The number of nitrogens with one attached hydrogen (secondary N) is 1. The van der Waals surface area contributed by atoms with Crippen LogP contribution < -0.4 is 5.32 Å². The fraction of sp³-hybridized carbons (Fsp3) is 0.133. The van der Waals surface area contributed by atoms with Crippen molar-refractivity contribution in [3.63, 3.8) is 0 Å². The normalized spacial score (nSPS) is 11.0. The fourth-order valence-corrected chi connectivity index (χ4v) is 2.18. The molecule has 21 heavy (non-hydrogen) atoms. The SMILES string of the molecule is Cc1ccc(Nc2ccc(C(F)(F)F)c(C#N)c2)cc1Br. The van der Waals surface area contributed by atoms with E-state index < -0.39 is 17.3 Å². The lowest BCUT2D eigenvalue weighted by molar-refractivity contribution is -0.137. The number of nitriles is 1. The summed E-state index contributed by atoms with van der Waals surface area (Å²) in [4.78, 5) is 0. The van der Waals surface area contributed by atoms with Crippen molar-refractivity contribution in [1.82, 2.24) is 0 Å². The molecule has 0 radical (unpaired) electrons. The predicted octanol–water partition coefficient (Wildman–Crippen LogP) is 5.39. The van der Waals surface area contributed by atoms with E-state index in [-0.39, 0.29) is 0 Å². The lowest BCUT2D eigenvalue weighted by atomic mass is 10.1. The molecule has 0 atom stereocenters. The molecule has 0 bridgehead atoms. The molecule has 2 aromatic rings. The van der Waals surface area contributed by atoms with Gasteiger partial charge >= 0.3 is 6.18 Å². The van der Waals surface area contributed by atoms with Crippen molar-refractivity contribution in [2.24, 2.45) is 0 Å². The van der Waals surface area contributed by atoms with Crippen LogP contribution in [0.3, 0.4) is 0 Å². The Kier molecular flexibility index (Phi) is 4.24. The lowest BCUT2D eigenvalue weighted by Gasteiger charge is -2.12. The van der Waals surface area contributed by atoms with Gasteiger partial charge < -0.3 is 5.32 Å². The van der Waals surface area contributed by atoms with Crippen LogP contribution >= 0.6 is 15.9 Å². The summed E-state index contributed by atoms with van der Waals surface area (Å²) in [7, 11) is 0. The van der Waals surface area contributed by atoms with Gasteiger partial charge in [-0.1, -0.05) is 22.0 Å². The highest BCUT2D eigenvalue weighted by molar-refractivity contribution is 9.10. The van der Waals surface area contributed by atoms with Crippen molar-refractivity contribution >= 4 is 27.3 Å². The zero-order valence-electron chi connectivity index (χ0n) is 10.9. The Morgan fingerprint density at radius 2 is 1.71 bits per heavy atom. The zero-order chi connectivity index (χ0) is 15.6. The smallest absolute Gasteiger partial charge is 0.355 e. The molecule has 108 valence electrons. The average molecular weight is 355 g/mol. The van der Waals surface area contributed by atoms with Gasteiger partial charge in [-0.3, -0.25) is 0 Å². The van der Waals surface area contributed by atoms with E-state index in [1.165, 1.54) is 12.1 Å². The summed E-state index contributed by atoms with van der Waals surface area (Å²) in [5.74, 6) is 0. The Labute approximate surface area is 128 Å². The van der Waals surface area contributed by atoms with Gasteiger partial charge in [-0.15, -0.1) is 0 Å². The molecule has 0 aliphatic rings. The molecule has 6 heteroatoms. The van der Waals surface area contributed by atoms with E-state index >= 15 is 0 Å². The molecule has 0 aliphatic heterocycles. The Balaban J connectivity index is 2.34. The molecule has 0 aliphatic carbocycles. The highest BCUT2D eigenvalue weighted by Crippen LogP contribution is 2.33. The van der Waals surface area contributed by atoms with Crippen molar-refractivity contribution in [2.75, 3.05) is 5.32 Å². The van der Waals surface area contributed by atoms with Crippen molar-refractivity contribution in [3.05, 3.63) is 57.6 Å². The lowest BCUT2D eigenvalue weighted by Crippen LogP contribution is -2.08. The summed E-state index contributed by atoms with van der Waals surface area (Å²) in [6, 6.07) is 10.5. The number of alkyl halides is 3. The average Bonchev–Trinajstić information content (AvgIpc) is 2.41. The number of halogens is 4. The fourth-order valence-electron chi connectivity index (χ4n) is 1.80. The first kappa shape index (κ1) is 15.4. The second kappa shape index (κ2) is 5.78. The van der Waals surface area contributed by atoms with Crippen LogP contribution in [0.15, 0.2) is 40.9 Å². The van der Waals surface area contributed by atoms with Gasteiger partial charge in [-0.2, -0.15) is 18.4 Å². The van der Waals surface area contributed by atoms with E-state index in [2.05, 4.69) is 21.2 Å². The van der Waals surface area contributed by atoms with Gasteiger partial charge in [0.1, 0.15) is 0 Å². The molecule has 0 heterocycles. The van der Waals surface area contributed by atoms with E-state index in [1.54, 1.807) is 6.07 Å². The third kappa shape index (κ3) is 3.56. The summed E-state index contributed by atoms with van der Waals surface area (Å²) < 4.78 is 39.0. The highest BCUT2D eigenvalue weighted by atomic mass is 79.9. The van der Waals surface area contributed by atoms with Crippen LogP contribution in [-0.2, 0) is 6.18 Å². The maximum Gasteiger partial charge on any atom is 0.417 e. The molecular weight excluding hydrogens is 345 g/mol. The third-order valence-corrected chi connectivity index (χ3v) is 3.76. The molecule has 0 saturated heterocycles. The summed E-state index contributed by atoms with van der Waals surface area (Å²) in [6.07, 6.45) is -4.53. The van der Waals surface area contributed by atoms with E-state index in [9.17, 15) is 13.2 Å². The molecule has 2 nitrogen and oxygen atoms in total.